The third-order valence-electron chi connectivity index (χ3n) is 3.42. The molecule has 0 fully saturated rings. The lowest BCUT2D eigenvalue weighted by Gasteiger charge is -2.03. The molecule has 26 heavy (non-hydrogen) atoms. The van der Waals surface area contributed by atoms with Crippen molar-refractivity contribution in [2.24, 2.45) is 0 Å². The van der Waals surface area contributed by atoms with Gasteiger partial charge in [-0.15, -0.1) is 10.2 Å². The van der Waals surface area contributed by atoms with Crippen molar-refractivity contribution in [2.75, 3.05) is 12.4 Å². The topological polar surface area (TPSA) is 98.2 Å². The molecule has 0 spiro atoms. The van der Waals surface area contributed by atoms with Crippen molar-refractivity contribution in [2.45, 2.75) is 10.1 Å². The Morgan fingerprint density at radius 2 is 1.88 bits per heavy atom. The van der Waals surface area contributed by atoms with E-state index in [1.165, 1.54) is 7.11 Å². The largest absolute Gasteiger partial charge is 0.497 e. The summed E-state index contributed by atoms with van der Waals surface area (Å²) in [6, 6.07) is 15.4. The van der Waals surface area contributed by atoms with Gasteiger partial charge in [-0.2, -0.15) is 0 Å². The molecule has 0 saturated carbocycles. The molecular formula is C17H15N3O4S2. The van der Waals surface area contributed by atoms with Crippen molar-refractivity contribution in [3.63, 3.8) is 0 Å². The molecule has 0 aliphatic carbocycles. The summed E-state index contributed by atoms with van der Waals surface area (Å²) in [5.41, 5.74) is 1.03. The molecule has 3 rings (SSSR count). The van der Waals surface area contributed by atoms with E-state index >= 15 is 0 Å². The lowest BCUT2D eigenvalue weighted by molar-refractivity contribution is 0.102. The summed E-state index contributed by atoms with van der Waals surface area (Å²) in [6.07, 6.45) is 0. The average Bonchev–Trinajstić information content (AvgIpc) is 3.12. The van der Waals surface area contributed by atoms with Crippen LogP contribution in [0.4, 0.5) is 5.13 Å². The number of anilines is 1. The van der Waals surface area contributed by atoms with Gasteiger partial charge in [-0.25, -0.2) is 8.42 Å². The Morgan fingerprint density at radius 1 is 1.12 bits per heavy atom. The number of ether oxygens (including phenoxy) is 1. The van der Waals surface area contributed by atoms with Crippen LogP contribution in [0.1, 0.15) is 15.9 Å². The molecule has 1 N–H and O–H groups in total. The predicted molar refractivity (Wildman–Crippen MR) is 98.2 cm³/mol. The molecule has 9 heteroatoms. The number of benzene rings is 2. The Labute approximate surface area is 154 Å². The fraction of sp³-hybridized carbons (Fsp3) is 0.118. The number of sulfone groups is 1. The van der Waals surface area contributed by atoms with Crippen LogP contribution >= 0.6 is 11.3 Å². The lowest BCUT2D eigenvalue weighted by atomic mass is 10.2. The van der Waals surface area contributed by atoms with Gasteiger partial charge in [0.2, 0.25) is 19.3 Å². The van der Waals surface area contributed by atoms with E-state index in [1.807, 2.05) is 6.07 Å². The molecular weight excluding hydrogens is 374 g/mol. The Kier molecular flexibility index (Phi) is 5.29. The average molecular weight is 389 g/mol. The summed E-state index contributed by atoms with van der Waals surface area (Å²) in [6.45, 7) is 0. The molecule has 1 aromatic heterocycles. The summed E-state index contributed by atoms with van der Waals surface area (Å²) in [4.78, 5) is 12.3. The zero-order valence-corrected chi connectivity index (χ0v) is 15.4. The molecule has 7 nitrogen and oxygen atoms in total. The van der Waals surface area contributed by atoms with Gasteiger partial charge in [-0.1, -0.05) is 47.7 Å². The zero-order chi connectivity index (χ0) is 18.6. The van der Waals surface area contributed by atoms with Gasteiger partial charge in [0.1, 0.15) is 5.75 Å². The van der Waals surface area contributed by atoms with Crippen LogP contribution in [0.3, 0.4) is 0 Å². The van der Waals surface area contributed by atoms with E-state index < -0.39 is 15.7 Å². The molecule has 0 aliphatic heterocycles. The number of carbonyl (C=O) groups is 1. The highest BCUT2D eigenvalue weighted by Crippen LogP contribution is 2.24. The van der Waals surface area contributed by atoms with Gasteiger partial charge in [-0.3, -0.25) is 10.1 Å². The maximum Gasteiger partial charge on any atom is 0.257 e. The van der Waals surface area contributed by atoms with E-state index in [1.54, 1.807) is 48.5 Å². The molecule has 0 radical (unpaired) electrons. The van der Waals surface area contributed by atoms with E-state index in [4.69, 9.17) is 4.74 Å². The minimum absolute atomic E-state index is 0.115. The van der Waals surface area contributed by atoms with Crippen molar-refractivity contribution in [1.82, 2.24) is 10.2 Å². The van der Waals surface area contributed by atoms with Crippen LogP contribution in [0.25, 0.3) is 0 Å². The SMILES string of the molecule is COc1cccc(C(=O)Nc2nnc(S(=O)(=O)Cc3ccccc3)s2)c1. The molecule has 0 bridgehead atoms. The number of nitrogens with zero attached hydrogens (tertiary/aromatic N) is 2. The molecule has 1 amide bonds. The van der Waals surface area contributed by atoms with Gasteiger partial charge in [-0.05, 0) is 23.8 Å². The maximum atomic E-state index is 12.4. The van der Waals surface area contributed by atoms with Crippen LogP contribution in [0.5, 0.6) is 5.75 Å². The third kappa shape index (κ3) is 4.24. The third-order valence-corrected chi connectivity index (χ3v) is 6.40. The second-order valence-corrected chi connectivity index (χ2v) is 8.44. The number of aromatic nitrogens is 2. The van der Waals surface area contributed by atoms with Crippen LogP contribution in [0, 0.1) is 0 Å². The first-order valence-corrected chi connectivity index (χ1v) is 10.0. The number of rotatable bonds is 6. The van der Waals surface area contributed by atoms with Gasteiger partial charge < -0.3 is 4.74 Å². The molecule has 0 atom stereocenters. The van der Waals surface area contributed by atoms with Gasteiger partial charge in [0.15, 0.2) is 0 Å². The van der Waals surface area contributed by atoms with Crippen LogP contribution < -0.4 is 10.1 Å². The highest BCUT2D eigenvalue weighted by Gasteiger charge is 2.22. The highest BCUT2D eigenvalue weighted by molar-refractivity contribution is 7.92. The van der Waals surface area contributed by atoms with Crippen LogP contribution in [-0.4, -0.2) is 31.6 Å². The first-order valence-electron chi connectivity index (χ1n) is 7.53. The normalized spacial score (nSPS) is 11.1. The molecule has 0 saturated heterocycles. The van der Waals surface area contributed by atoms with E-state index in [0.717, 1.165) is 11.3 Å². The lowest BCUT2D eigenvalue weighted by Crippen LogP contribution is -2.11. The monoisotopic (exact) mass is 389 g/mol. The number of hydrogen-bond donors (Lipinski definition) is 1. The fourth-order valence-electron chi connectivity index (χ4n) is 2.17. The Hall–Kier alpha value is -2.78. The molecule has 0 aliphatic rings. The van der Waals surface area contributed by atoms with E-state index in [0.29, 0.717) is 16.9 Å². The van der Waals surface area contributed by atoms with Crippen molar-refractivity contribution in [3.05, 3.63) is 65.7 Å². The summed E-state index contributed by atoms with van der Waals surface area (Å²) < 4.78 is 29.8. The number of nitrogens with one attached hydrogen (secondary N) is 1. The van der Waals surface area contributed by atoms with Gasteiger partial charge in [0, 0.05) is 5.56 Å². The maximum absolute atomic E-state index is 12.4. The van der Waals surface area contributed by atoms with Crippen molar-refractivity contribution >= 4 is 32.2 Å². The second kappa shape index (κ2) is 7.63. The Bertz CT molecular complexity index is 1020. The van der Waals surface area contributed by atoms with Crippen LogP contribution in [-0.2, 0) is 15.6 Å². The van der Waals surface area contributed by atoms with E-state index in [2.05, 4.69) is 15.5 Å². The predicted octanol–water partition coefficient (Wildman–Crippen LogP) is 2.77. The quantitative estimate of drug-likeness (QED) is 0.651. The van der Waals surface area contributed by atoms with Crippen LogP contribution in [0.15, 0.2) is 58.9 Å². The standard InChI is InChI=1S/C17H15N3O4S2/c1-24-14-9-5-8-13(10-14)15(21)18-16-19-20-17(25-16)26(22,23)11-12-6-3-2-4-7-12/h2-10H,11H2,1H3,(H,18,19,21). The first-order chi connectivity index (χ1) is 12.5. The first kappa shape index (κ1) is 18.0. The fourth-order valence-corrected chi connectivity index (χ4v) is 4.49. The zero-order valence-electron chi connectivity index (χ0n) is 13.7. The number of methoxy groups -OCH3 is 1. The number of carbonyl (C=O) groups excluding carboxylic acids is 1. The van der Waals surface area contributed by atoms with Gasteiger partial charge in [0.25, 0.3) is 5.91 Å². The molecule has 3 aromatic rings. The van der Waals surface area contributed by atoms with Crippen molar-refractivity contribution < 1.29 is 17.9 Å². The Balaban J connectivity index is 1.74. The minimum Gasteiger partial charge on any atom is -0.497 e. The summed E-state index contributed by atoms with van der Waals surface area (Å²) in [5, 5.41) is 10.1. The summed E-state index contributed by atoms with van der Waals surface area (Å²) >= 11 is 0.819. The highest BCUT2D eigenvalue weighted by atomic mass is 32.2. The number of amides is 1. The smallest absolute Gasteiger partial charge is 0.257 e. The summed E-state index contributed by atoms with van der Waals surface area (Å²) in [7, 11) is -2.12. The molecule has 1 heterocycles. The molecule has 2 aromatic carbocycles. The number of hydrogen-bond acceptors (Lipinski definition) is 7. The van der Waals surface area contributed by atoms with Crippen molar-refractivity contribution in [1.29, 1.82) is 0 Å². The van der Waals surface area contributed by atoms with Crippen molar-refractivity contribution in [3.8, 4) is 5.75 Å². The van der Waals surface area contributed by atoms with Gasteiger partial charge in [0.05, 0.1) is 12.9 Å². The van der Waals surface area contributed by atoms with E-state index in [-0.39, 0.29) is 15.2 Å². The van der Waals surface area contributed by atoms with Crippen LogP contribution in [0.2, 0.25) is 0 Å². The second-order valence-electron chi connectivity index (χ2n) is 5.30. The molecule has 0 unspecified atom stereocenters. The minimum atomic E-state index is -3.63. The molecule has 134 valence electrons. The Morgan fingerprint density at radius 3 is 2.62 bits per heavy atom. The van der Waals surface area contributed by atoms with Gasteiger partial charge >= 0.3 is 0 Å². The van der Waals surface area contributed by atoms with E-state index in [9.17, 15) is 13.2 Å². The summed E-state index contributed by atoms with van der Waals surface area (Å²) in [5.74, 6) is -0.0557.